The number of hydrogen-bond acceptors (Lipinski definition) is 5. The van der Waals surface area contributed by atoms with Crippen LogP contribution in [0.2, 0.25) is 0 Å². The lowest BCUT2D eigenvalue weighted by Gasteiger charge is -2.20. The minimum Gasteiger partial charge on any atom is -0.486 e. The fourth-order valence-corrected chi connectivity index (χ4v) is 2.63. The van der Waals surface area contributed by atoms with E-state index in [0.717, 1.165) is 28.5 Å². The van der Waals surface area contributed by atoms with E-state index in [9.17, 15) is 0 Å². The van der Waals surface area contributed by atoms with E-state index in [1.165, 1.54) is 0 Å². The molecule has 0 amide bonds. The smallest absolute Gasteiger partial charge is 0.161 e. The average molecular weight is 262 g/mol. The third-order valence-corrected chi connectivity index (χ3v) is 3.67. The molecule has 0 radical (unpaired) electrons. The zero-order valence-corrected chi connectivity index (χ0v) is 10.7. The van der Waals surface area contributed by atoms with Gasteiger partial charge in [0.2, 0.25) is 0 Å². The molecule has 2 aromatic rings. The Bertz CT molecular complexity index is 528. The van der Waals surface area contributed by atoms with Crippen LogP contribution in [0.25, 0.3) is 0 Å². The summed E-state index contributed by atoms with van der Waals surface area (Å²) in [5, 5.41) is 3.02. The van der Waals surface area contributed by atoms with Crippen molar-refractivity contribution in [2.75, 3.05) is 13.2 Å². The van der Waals surface area contributed by atoms with Crippen LogP contribution in [0.5, 0.6) is 11.5 Å². The monoisotopic (exact) mass is 262 g/mol. The normalized spacial score (nSPS) is 15.4. The predicted molar refractivity (Wildman–Crippen MR) is 70.2 cm³/mol. The molecule has 1 aliphatic rings. The van der Waals surface area contributed by atoms with Crippen molar-refractivity contribution in [3.05, 3.63) is 40.3 Å². The molecule has 1 atom stereocenters. The number of aromatic nitrogens is 1. The molecule has 2 N–H and O–H groups in total. The Balaban J connectivity index is 1.79. The van der Waals surface area contributed by atoms with Gasteiger partial charge in [0.25, 0.3) is 0 Å². The van der Waals surface area contributed by atoms with E-state index in [1.54, 1.807) is 17.5 Å². The molecule has 1 aliphatic heterocycles. The third-order valence-electron chi connectivity index (χ3n) is 2.87. The van der Waals surface area contributed by atoms with Gasteiger partial charge in [0.05, 0.1) is 5.01 Å². The van der Waals surface area contributed by atoms with E-state index < -0.39 is 0 Å². The number of thiazole rings is 1. The first kappa shape index (κ1) is 11.5. The van der Waals surface area contributed by atoms with Crippen LogP contribution in [0.4, 0.5) is 0 Å². The largest absolute Gasteiger partial charge is 0.486 e. The van der Waals surface area contributed by atoms with E-state index in [2.05, 4.69) is 4.98 Å². The van der Waals surface area contributed by atoms with Crippen molar-refractivity contribution in [3.63, 3.8) is 0 Å². The molecule has 0 fully saturated rings. The standard InChI is InChI=1S/C13H14N2O2S/c14-10(8-13-15-3-6-18-13)9-1-2-11-12(7-9)17-5-4-16-11/h1-3,6-7,10H,4-5,8,14H2. The lowest BCUT2D eigenvalue weighted by Crippen LogP contribution is -2.17. The van der Waals surface area contributed by atoms with Crippen molar-refractivity contribution in [3.8, 4) is 11.5 Å². The van der Waals surface area contributed by atoms with Gasteiger partial charge in [-0.1, -0.05) is 6.07 Å². The minimum absolute atomic E-state index is 0.0630. The molecule has 0 aliphatic carbocycles. The average Bonchev–Trinajstić information content (AvgIpc) is 2.91. The van der Waals surface area contributed by atoms with Gasteiger partial charge in [-0.3, -0.25) is 0 Å². The van der Waals surface area contributed by atoms with Crippen LogP contribution in [-0.4, -0.2) is 18.2 Å². The number of nitrogens with zero attached hydrogens (tertiary/aromatic N) is 1. The first-order chi connectivity index (χ1) is 8.83. The Morgan fingerprint density at radius 3 is 2.89 bits per heavy atom. The van der Waals surface area contributed by atoms with E-state index in [1.807, 2.05) is 23.6 Å². The van der Waals surface area contributed by atoms with Crippen molar-refractivity contribution in [1.82, 2.24) is 4.98 Å². The molecule has 4 nitrogen and oxygen atoms in total. The minimum atomic E-state index is -0.0630. The number of rotatable bonds is 3. The molecule has 0 spiro atoms. The molecule has 0 saturated carbocycles. The Kier molecular flexibility index (Phi) is 3.17. The van der Waals surface area contributed by atoms with Crippen LogP contribution in [0.1, 0.15) is 16.6 Å². The molecular formula is C13H14N2O2S. The first-order valence-electron chi connectivity index (χ1n) is 5.86. The lowest BCUT2D eigenvalue weighted by molar-refractivity contribution is 0.171. The summed E-state index contributed by atoms with van der Waals surface area (Å²) in [4.78, 5) is 4.25. The van der Waals surface area contributed by atoms with Crippen molar-refractivity contribution in [2.45, 2.75) is 12.5 Å². The molecule has 0 bridgehead atoms. The number of nitrogens with two attached hydrogens (primary N) is 1. The van der Waals surface area contributed by atoms with Crippen molar-refractivity contribution >= 4 is 11.3 Å². The molecule has 94 valence electrons. The van der Waals surface area contributed by atoms with Crippen molar-refractivity contribution in [1.29, 1.82) is 0 Å². The van der Waals surface area contributed by atoms with Gasteiger partial charge in [-0.2, -0.15) is 0 Å². The summed E-state index contributed by atoms with van der Waals surface area (Å²) >= 11 is 1.63. The van der Waals surface area contributed by atoms with E-state index >= 15 is 0 Å². The van der Waals surface area contributed by atoms with Crippen LogP contribution >= 0.6 is 11.3 Å². The first-order valence-corrected chi connectivity index (χ1v) is 6.74. The van der Waals surface area contributed by atoms with Gasteiger partial charge in [-0.15, -0.1) is 11.3 Å². The summed E-state index contributed by atoms with van der Waals surface area (Å²) < 4.78 is 11.0. The molecule has 0 saturated heterocycles. The molecule has 5 heteroatoms. The third kappa shape index (κ3) is 2.32. The summed E-state index contributed by atoms with van der Waals surface area (Å²) in [6.07, 6.45) is 2.55. The predicted octanol–water partition coefficient (Wildman–Crippen LogP) is 2.16. The highest BCUT2D eigenvalue weighted by molar-refractivity contribution is 7.09. The maximum atomic E-state index is 6.19. The number of fused-ring (bicyclic) bond motifs is 1. The number of ether oxygens (including phenoxy) is 2. The molecule has 1 unspecified atom stereocenters. The summed E-state index contributed by atoms with van der Waals surface area (Å²) in [7, 11) is 0. The molecular weight excluding hydrogens is 248 g/mol. The van der Waals surface area contributed by atoms with Crippen molar-refractivity contribution < 1.29 is 9.47 Å². The highest BCUT2D eigenvalue weighted by Crippen LogP contribution is 2.32. The number of benzene rings is 1. The Morgan fingerprint density at radius 1 is 1.28 bits per heavy atom. The van der Waals surface area contributed by atoms with Gasteiger partial charge in [0.1, 0.15) is 13.2 Å². The van der Waals surface area contributed by atoms with E-state index in [4.69, 9.17) is 15.2 Å². The molecule has 3 rings (SSSR count). The fourth-order valence-electron chi connectivity index (χ4n) is 1.95. The van der Waals surface area contributed by atoms with Gasteiger partial charge in [-0.05, 0) is 17.7 Å². The molecule has 1 aromatic heterocycles. The van der Waals surface area contributed by atoms with Crippen molar-refractivity contribution in [2.24, 2.45) is 5.73 Å². The van der Waals surface area contributed by atoms with Gasteiger partial charge in [0.15, 0.2) is 11.5 Å². The topological polar surface area (TPSA) is 57.4 Å². The number of hydrogen-bond donors (Lipinski definition) is 1. The highest BCUT2D eigenvalue weighted by Gasteiger charge is 2.15. The van der Waals surface area contributed by atoms with Gasteiger partial charge < -0.3 is 15.2 Å². The zero-order valence-electron chi connectivity index (χ0n) is 9.83. The maximum Gasteiger partial charge on any atom is 0.161 e. The Labute approximate surface area is 109 Å². The second-order valence-electron chi connectivity index (χ2n) is 4.14. The second-order valence-corrected chi connectivity index (χ2v) is 5.12. The molecule has 2 heterocycles. The van der Waals surface area contributed by atoms with Crippen LogP contribution < -0.4 is 15.2 Å². The highest BCUT2D eigenvalue weighted by atomic mass is 32.1. The zero-order chi connectivity index (χ0) is 12.4. The second kappa shape index (κ2) is 4.96. The summed E-state index contributed by atoms with van der Waals surface area (Å²) in [5.74, 6) is 1.58. The maximum absolute atomic E-state index is 6.19. The van der Waals surface area contributed by atoms with Gasteiger partial charge in [-0.25, -0.2) is 4.98 Å². The lowest BCUT2D eigenvalue weighted by atomic mass is 10.0. The fraction of sp³-hybridized carbons (Fsp3) is 0.308. The van der Waals surface area contributed by atoms with Crippen LogP contribution in [-0.2, 0) is 6.42 Å². The summed E-state index contributed by atoms with van der Waals surface area (Å²) in [6, 6.07) is 5.82. The van der Waals surface area contributed by atoms with E-state index in [-0.39, 0.29) is 6.04 Å². The molecule has 18 heavy (non-hydrogen) atoms. The SMILES string of the molecule is NC(Cc1nccs1)c1ccc2c(c1)OCCO2. The molecule has 1 aromatic carbocycles. The summed E-state index contributed by atoms with van der Waals surface area (Å²) in [6.45, 7) is 1.20. The summed E-state index contributed by atoms with van der Waals surface area (Å²) in [5.41, 5.74) is 7.24. The van der Waals surface area contributed by atoms with Crippen LogP contribution in [0.3, 0.4) is 0 Å². The quantitative estimate of drug-likeness (QED) is 0.921. The van der Waals surface area contributed by atoms with E-state index in [0.29, 0.717) is 13.2 Å². The Morgan fingerprint density at radius 2 is 2.11 bits per heavy atom. The Hall–Kier alpha value is -1.59. The van der Waals surface area contributed by atoms with Gasteiger partial charge in [0, 0.05) is 24.0 Å². The van der Waals surface area contributed by atoms with Gasteiger partial charge >= 0.3 is 0 Å². The van der Waals surface area contributed by atoms with Crippen LogP contribution in [0.15, 0.2) is 29.8 Å². The van der Waals surface area contributed by atoms with Crippen LogP contribution in [0, 0.1) is 0 Å².